The number of halogens is 2. The lowest BCUT2D eigenvalue weighted by Crippen LogP contribution is -2.70. The van der Waals surface area contributed by atoms with Crippen molar-refractivity contribution in [1.29, 1.82) is 0 Å². The van der Waals surface area contributed by atoms with Crippen LogP contribution in [0.4, 0.5) is 0 Å². The highest BCUT2D eigenvalue weighted by molar-refractivity contribution is 6.42. The van der Waals surface area contributed by atoms with E-state index < -0.39 is 0 Å². The number of amides is 1. The number of nitrogens with zero attached hydrogens (tertiary/aromatic N) is 3. The highest BCUT2D eigenvalue weighted by Gasteiger charge is 2.46. The van der Waals surface area contributed by atoms with Crippen LogP contribution < -0.4 is 0 Å². The Hall–Kier alpha value is -0.850. The number of carbonyl (C=O) groups is 1. The highest BCUT2D eigenvalue weighted by Crippen LogP contribution is 2.30. The van der Waals surface area contributed by atoms with Gasteiger partial charge >= 0.3 is 0 Å². The highest BCUT2D eigenvalue weighted by atomic mass is 35.5. The molecule has 148 valence electrons. The first kappa shape index (κ1) is 19.5. The molecule has 0 N–H and O–H groups in total. The second kappa shape index (κ2) is 8.26. The number of likely N-dealkylation sites (N-methyl/N-ethyl adjacent to an activating group) is 1. The van der Waals surface area contributed by atoms with Gasteiger partial charge in [0.05, 0.1) is 47.8 Å². The van der Waals surface area contributed by atoms with Crippen LogP contribution in [0.5, 0.6) is 0 Å². The first-order valence-electron chi connectivity index (χ1n) is 9.80. The van der Waals surface area contributed by atoms with Gasteiger partial charge in [0, 0.05) is 13.1 Å². The van der Waals surface area contributed by atoms with Crippen LogP contribution in [0.1, 0.15) is 18.4 Å². The molecule has 0 bridgehead atoms. The fourth-order valence-corrected chi connectivity index (χ4v) is 5.08. The molecule has 4 rings (SSSR count). The zero-order valence-electron chi connectivity index (χ0n) is 15.7. The van der Waals surface area contributed by atoms with Gasteiger partial charge in [0.2, 0.25) is 5.91 Å². The van der Waals surface area contributed by atoms with Crippen molar-refractivity contribution < 1.29 is 9.53 Å². The molecule has 3 heterocycles. The second-order valence-corrected chi connectivity index (χ2v) is 8.71. The number of likely N-dealkylation sites (tertiary alicyclic amines) is 1. The van der Waals surface area contributed by atoms with Gasteiger partial charge in [0.15, 0.2) is 0 Å². The maximum Gasteiger partial charge on any atom is 0.227 e. The Kier molecular flexibility index (Phi) is 5.95. The van der Waals surface area contributed by atoms with Crippen molar-refractivity contribution in [1.82, 2.24) is 14.7 Å². The molecule has 3 aliphatic rings. The Morgan fingerprint density at radius 1 is 1.07 bits per heavy atom. The molecular formula is C20H27Cl2N3O2. The van der Waals surface area contributed by atoms with E-state index >= 15 is 0 Å². The van der Waals surface area contributed by atoms with Crippen molar-refractivity contribution in [3.8, 4) is 0 Å². The average Bonchev–Trinajstić information content (AvgIpc) is 3.19. The van der Waals surface area contributed by atoms with Crippen molar-refractivity contribution in [2.24, 2.45) is 0 Å². The number of hydrogen-bond donors (Lipinski definition) is 0. The van der Waals surface area contributed by atoms with Crippen molar-refractivity contribution in [2.45, 2.75) is 37.4 Å². The summed E-state index contributed by atoms with van der Waals surface area (Å²) in [6.07, 6.45) is 2.83. The third-order valence-corrected chi connectivity index (χ3v) is 6.99. The lowest BCUT2D eigenvalue weighted by molar-refractivity contribution is -0.150. The molecule has 1 amide bonds. The fraction of sp³-hybridized carbons (Fsp3) is 0.650. The Bertz CT molecular complexity index is 696. The molecule has 3 aliphatic heterocycles. The third kappa shape index (κ3) is 3.99. The number of benzene rings is 1. The van der Waals surface area contributed by atoms with Gasteiger partial charge in [0.1, 0.15) is 0 Å². The normalized spacial score (nSPS) is 29.7. The van der Waals surface area contributed by atoms with E-state index in [-0.39, 0.29) is 24.0 Å². The first-order valence-corrected chi connectivity index (χ1v) is 10.6. The topological polar surface area (TPSA) is 36.0 Å². The second-order valence-electron chi connectivity index (χ2n) is 7.90. The zero-order chi connectivity index (χ0) is 19.0. The Labute approximate surface area is 171 Å². The van der Waals surface area contributed by atoms with Crippen molar-refractivity contribution in [3.63, 3.8) is 0 Å². The Balaban J connectivity index is 1.55. The fourth-order valence-electron chi connectivity index (χ4n) is 4.76. The number of rotatable bonds is 3. The number of piperazine rings is 1. The van der Waals surface area contributed by atoms with Crippen LogP contribution in [0.15, 0.2) is 18.2 Å². The minimum Gasteiger partial charge on any atom is -0.378 e. The number of ether oxygens (including phenoxy) is 1. The summed E-state index contributed by atoms with van der Waals surface area (Å²) in [5.74, 6) is 0.169. The Morgan fingerprint density at radius 2 is 1.81 bits per heavy atom. The number of fused-ring (bicyclic) bond motifs is 1. The predicted octanol–water partition coefficient (Wildman–Crippen LogP) is 2.54. The van der Waals surface area contributed by atoms with E-state index in [4.69, 9.17) is 27.9 Å². The van der Waals surface area contributed by atoms with Crippen LogP contribution in [-0.2, 0) is 16.0 Å². The van der Waals surface area contributed by atoms with E-state index in [0.717, 1.165) is 31.7 Å². The molecule has 7 heteroatoms. The van der Waals surface area contributed by atoms with Crippen molar-refractivity contribution >= 4 is 29.1 Å². The molecule has 0 aliphatic carbocycles. The molecule has 0 saturated carbocycles. The summed E-state index contributed by atoms with van der Waals surface area (Å²) in [4.78, 5) is 20.2. The molecule has 0 aromatic heterocycles. The molecule has 3 fully saturated rings. The lowest BCUT2D eigenvalue weighted by atomic mass is 9.91. The summed E-state index contributed by atoms with van der Waals surface area (Å²) < 4.78 is 5.96. The van der Waals surface area contributed by atoms with Gasteiger partial charge in [0.25, 0.3) is 0 Å². The molecule has 3 saturated heterocycles. The van der Waals surface area contributed by atoms with Crippen molar-refractivity contribution in [2.75, 3.05) is 46.4 Å². The van der Waals surface area contributed by atoms with E-state index in [2.05, 4.69) is 21.7 Å². The molecule has 0 spiro atoms. The van der Waals surface area contributed by atoms with E-state index in [1.807, 2.05) is 6.07 Å². The molecule has 3 atom stereocenters. The third-order valence-electron chi connectivity index (χ3n) is 6.25. The molecule has 1 aromatic carbocycles. The van der Waals surface area contributed by atoms with Gasteiger partial charge in [-0.15, -0.1) is 0 Å². The SMILES string of the molecule is CN1CCN(C(=O)Cc2ccc(Cl)c(Cl)c2)[C@H]2C1COC[C@@H]2N1CCCC1. The Morgan fingerprint density at radius 3 is 2.56 bits per heavy atom. The van der Waals surface area contributed by atoms with Crippen LogP contribution in [0.3, 0.4) is 0 Å². The van der Waals surface area contributed by atoms with E-state index in [9.17, 15) is 4.79 Å². The van der Waals surface area contributed by atoms with Gasteiger partial charge < -0.3 is 9.64 Å². The van der Waals surface area contributed by atoms with Crippen LogP contribution in [0, 0.1) is 0 Å². The summed E-state index contributed by atoms with van der Waals surface area (Å²) in [7, 11) is 2.15. The van der Waals surface area contributed by atoms with Gasteiger partial charge in [-0.25, -0.2) is 0 Å². The molecule has 27 heavy (non-hydrogen) atoms. The van der Waals surface area contributed by atoms with Crippen LogP contribution in [0.25, 0.3) is 0 Å². The number of carbonyl (C=O) groups excluding carboxylic acids is 1. The lowest BCUT2D eigenvalue weighted by Gasteiger charge is -2.53. The number of hydrogen-bond acceptors (Lipinski definition) is 4. The molecule has 1 aromatic rings. The summed E-state index contributed by atoms with van der Waals surface area (Å²) in [5.41, 5.74) is 0.912. The van der Waals surface area contributed by atoms with E-state index in [1.165, 1.54) is 12.8 Å². The molecular weight excluding hydrogens is 385 g/mol. The largest absolute Gasteiger partial charge is 0.378 e. The van der Waals surface area contributed by atoms with Gasteiger partial charge in [-0.3, -0.25) is 14.6 Å². The van der Waals surface area contributed by atoms with Crippen LogP contribution in [0.2, 0.25) is 10.0 Å². The smallest absolute Gasteiger partial charge is 0.227 e. The molecule has 1 unspecified atom stereocenters. The van der Waals surface area contributed by atoms with Crippen molar-refractivity contribution in [3.05, 3.63) is 33.8 Å². The summed E-state index contributed by atoms with van der Waals surface area (Å²) in [6, 6.07) is 6.19. The van der Waals surface area contributed by atoms with Gasteiger partial charge in [-0.1, -0.05) is 29.3 Å². The molecule has 0 radical (unpaired) electrons. The van der Waals surface area contributed by atoms with Gasteiger partial charge in [-0.2, -0.15) is 0 Å². The monoisotopic (exact) mass is 411 g/mol. The van der Waals surface area contributed by atoms with Crippen LogP contribution >= 0.6 is 23.2 Å². The predicted molar refractivity (Wildman–Crippen MR) is 107 cm³/mol. The summed E-state index contributed by atoms with van der Waals surface area (Å²) in [6.45, 7) is 5.27. The maximum atomic E-state index is 13.3. The minimum absolute atomic E-state index is 0.169. The minimum atomic E-state index is 0.169. The summed E-state index contributed by atoms with van der Waals surface area (Å²) >= 11 is 12.1. The van der Waals surface area contributed by atoms with E-state index in [1.54, 1.807) is 12.1 Å². The zero-order valence-corrected chi connectivity index (χ0v) is 17.3. The van der Waals surface area contributed by atoms with Crippen LogP contribution in [-0.4, -0.2) is 85.2 Å². The van der Waals surface area contributed by atoms with Gasteiger partial charge in [-0.05, 0) is 50.7 Å². The quantitative estimate of drug-likeness (QED) is 0.765. The molecule has 5 nitrogen and oxygen atoms in total. The maximum absolute atomic E-state index is 13.3. The first-order chi connectivity index (χ1) is 13.0. The van der Waals surface area contributed by atoms with E-state index in [0.29, 0.717) is 29.7 Å². The average molecular weight is 412 g/mol. The summed E-state index contributed by atoms with van der Waals surface area (Å²) in [5, 5.41) is 1.02. The standard InChI is InChI=1S/C20H27Cl2N3O2/c1-23-8-9-25(19(26)11-14-4-5-15(21)16(22)10-14)20-17(23)12-27-13-18(20)24-6-2-3-7-24/h4-5,10,17-18,20H,2-3,6-9,11-13H2,1H3/t17?,18-,20-/m0/s1.